The van der Waals surface area contributed by atoms with Crippen molar-refractivity contribution in [3.63, 3.8) is 0 Å². The molecule has 8 heavy (non-hydrogen) atoms. The van der Waals surface area contributed by atoms with Crippen molar-refractivity contribution in [3.05, 3.63) is 21.7 Å². The molecule has 1 aliphatic heterocycles. The van der Waals surface area contributed by atoms with Crippen LogP contribution < -0.4 is 0 Å². The molecule has 0 saturated carbocycles. The first kappa shape index (κ1) is 8.12. The molecule has 0 saturated heterocycles. The van der Waals surface area contributed by atoms with Gasteiger partial charge in [0, 0.05) is 0 Å². The molecule has 0 aromatic carbocycles. The van der Waals surface area contributed by atoms with Crippen molar-refractivity contribution >= 4 is 23.2 Å². The van der Waals surface area contributed by atoms with Gasteiger partial charge in [-0.2, -0.15) is 0 Å². The Morgan fingerprint density at radius 1 is 1.62 bits per heavy atom. The summed E-state index contributed by atoms with van der Waals surface area (Å²) in [6.07, 6.45) is 3.71. The van der Waals surface area contributed by atoms with Gasteiger partial charge in [-0.05, 0) is 0 Å². The second-order valence-electron chi connectivity index (χ2n) is 1.31. The quantitative estimate of drug-likeness (QED) is 0.641. The van der Waals surface area contributed by atoms with Crippen molar-refractivity contribution in [2.24, 2.45) is 0 Å². The van der Waals surface area contributed by atoms with Crippen LogP contribution in [0.5, 0.6) is 0 Å². The monoisotopic (exact) mass is 309 g/mol. The van der Waals surface area contributed by atoms with Crippen molar-refractivity contribution in [1.82, 2.24) is 0 Å². The molecule has 3 heteroatoms. The predicted molar refractivity (Wildman–Crippen MR) is 34.0 cm³/mol. The molecule has 45 valence electrons. The van der Waals surface area contributed by atoms with E-state index in [1.807, 2.05) is 6.08 Å². The molecule has 0 fully saturated rings. The van der Waals surface area contributed by atoms with Crippen LogP contribution in [0.1, 0.15) is 0 Å². The average molecular weight is 309 g/mol. The number of aliphatic hydroxyl groups is 1. The van der Waals surface area contributed by atoms with E-state index in [9.17, 15) is 0 Å². The van der Waals surface area contributed by atoms with E-state index in [-0.39, 0.29) is 28.7 Å². The third-order valence-electron chi connectivity index (χ3n) is 0.757. The number of hydrogen-bond donors (Lipinski definition) is 1. The Bertz CT molecular complexity index is 118. The van der Waals surface area contributed by atoms with E-state index in [0.717, 1.165) is 0 Å². The van der Waals surface area contributed by atoms with E-state index in [2.05, 4.69) is 3.78 Å². The van der Waals surface area contributed by atoms with Gasteiger partial charge in [0.05, 0.1) is 0 Å². The Morgan fingerprint density at radius 3 is 2.62 bits per heavy atom. The Labute approximate surface area is 59.8 Å². The van der Waals surface area contributed by atoms with Crippen LogP contribution in [0.15, 0.2) is 21.7 Å². The SMILES string of the molecule is O.OC1=C[CH2][Bi][CH]=C1. The van der Waals surface area contributed by atoms with Crippen LogP contribution in [0.3, 0.4) is 0 Å². The van der Waals surface area contributed by atoms with Crippen LogP contribution >= 0.6 is 0 Å². The normalized spacial score (nSPS) is 16.8. The van der Waals surface area contributed by atoms with Crippen LogP contribution in [0, 0.1) is 0 Å². The van der Waals surface area contributed by atoms with Gasteiger partial charge < -0.3 is 5.48 Å². The molecule has 2 nitrogen and oxygen atoms in total. The van der Waals surface area contributed by atoms with Gasteiger partial charge in [0.15, 0.2) is 0 Å². The molecule has 0 atom stereocenters. The first-order chi connectivity index (χ1) is 3.39. The van der Waals surface area contributed by atoms with Gasteiger partial charge in [0.25, 0.3) is 0 Å². The first-order valence-electron chi connectivity index (χ1n) is 2.12. The van der Waals surface area contributed by atoms with E-state index in [1.165, 1.54) is 4.13 Å². The van der Waals surface area contributed by atoms with Crippen LogP contribution in [-0.2, 0) is 0 Å². The summed E-state index contributed by atoms with van der Waals surface area (Å²) in [5, 5.41) is 8.71. The zero-order valence-corrected chi connectivity index (χ0v) is 7.81. The van der Waals surface area contributed by atoms with Crippen molar-refractivity contribution in [2.75, 3.05) is 0 Å². The topological polar surface area (TPSA) is 51.7 Å². The Balaban J connectivity index is 0.000000490. The third-order valence-corrected chi connectivity index (χ3v) is 3.68. The molecule has 0 unspecified atom stereocenters. The Hall–Kier alpha value is 0.123. The van der Waals surface area contributed by atoms with E-state index in [1.54, 1.807) is 6.08 Å². The summed E-state index contributed by atoms with van der Waals surface area (Å²) in [6.45, 7) is 0. The molecule has 0 bridgehead atoms. The minimum absolute atomic E-state index is 0. The third kappa shape index (κ3) is 2.44. The maximum atomic E-state index is 8.71. The molecule has 1 aliphatic rings. The molecule has 0 aliphatic carbocycles. The molecule has 0 spiro atoms. The molecule has 1 heterocycles. The minimum atomic E-state index is -0.244. The molecule has 0 amide bonds. The van der Waals surface area contributed by atoms with E-state index in [4.69, 9.17) is 5.11 Å². The number of rotatable bonds is 0. The molecule has 0 aromatic heterocycles. The van der Waals surface area contributed by atoms with Gasteiger partial charge in [-0.1, -0.05) is 0 Å². The zero-order chi connectivity index (χ0) is 5.11. The van der Waals surface area contributed by atoms with Crippen molar-refractivity contribution < 1.29 is 10.6 Å². The summed E-state index contributed by atoms with van der Waals surface area (Å²) in [5.41, 5.74) is 0. The second kappa shape index (κ2) is 4.05. The van der Waals surface area contributed by atoms with E-state index < -0.39 is 0 Å². The maximum absolute atomic E-state index is 8.71. The van der Waals surface area contributed by atoms with E-state index in [0.29, 0.717) is 5.76 Å². The summed E-state index contributed by atoms with van der Waals surface area (Å²) in [6, 6.07) is 0. The van der Waals surface area contributed by atoms with Gasteiger partial charge >= 0.3 is 54.2 Å². The molecular formula is C5H8BiO2. The molecular weight excluding hydrogens is 301 g/mol. The van der Waals surface area contributed by atoms with Crippen LogP contribution in [0.4, 0.5) is 0 Å². The zero-order valence-electron chi connectivity index (χ0n) is 4.33. The van der Waals surface area contributed by atoms with Gasteiger partial charge in [0.1, 0.15) is 0 Å². The fraction of sp³-hybridized carbons (Fsp3) is 0.200. The van der Waals surface area contributed by atoms with E-state index >= 15 is 0 Å². The van der Waals surface area contributed by atoms with Crippen molar-refractivity contribution in [3.8, 4) is 0 Å². The van der Waals surface area contributed by atoms with Crippen LogP contribution in [0.25, 0.3) is 0 Å². The fourth-order valence-electron chi connectivity index (χ4n) is 0.404. The summed E-state index contributed by atoms with van der Waals surface area (Å²) >= 11 is -0.244. The van der Waals surface area contributed by atoms with Gasteiger partial charge in [-0.3, -0.25) is 0 Å². The molecule has 0 aromatic rings. The molecule has 1 rings (SSSR count). The Kier molecular flexibility index (Phi) is 4.11. The average Bonchev–Trinajstić information content (AvgIpc) is 1.69. The Morgan fingerprint density at radius 2 is 2.38 bits per heavy atom. The summed E-state index contributed by atoms with van der Waals surface area (Å²) < 4.78 is 3.32. The molecule has 1 radical (unpaired) electrons. The number of allylic oxidation sites excluding steroid dienone is 2. The summed E-state index contributed by atoms with van der Waals surface area (Å²) in [5.74, 6) is 0.454. The van der Waals surface area contributed by atoms with Gasteiger partial charge in [-0.25, -0.2) is 0 Å². The summed E-state index contributed by atoms with van der Waals surface area (Å²) in [7, 11) is 0. The van der Waals surface area contributed by atoms with Crippen molar-refractivity contribution in [1.29, 1.82) is 0 Å². The molecule has 3 N–H and O–H groups in total. The second-order valence-corrected chi connectivity index (χ2v) is 5.31. The number of hydrogen-bond acceptors (Lipinski definition) is 1. The number of aliphatic hydroxyl groups excluding tert-OH is 1. The fourth-order valence-corrected chi connectivity index (χ4v) is 3.02. The summed E-state index contributed by atoms with van der Waals surface area (Å²) in [4.78, 5) is 0. The predicted octanol–water partition coefficient (Wildman–Crippen LogP) is 0.253. The van der Waals surface area contributed by atoms with Gasteiger partial charge in [-0.15, -0.1) is 0 Å². The first-order valence-corrected chi connectivity index (χ1v) is 6.58. The standard InChI is InChI=1S/C5H6O.Bi.H2O/c1-3-5(6)4-2;;/h1,3-4,6H,2H2;;1H2. The van der Waals surface area contributed by atoms with Crippen LogP contribution in [-0.4, -0.2) is 33.8 Å². The van der Waals surface area contributed by atoms with Crippen molar-refractivity contribution in [2.45, 2.75) is 4.13 Å². The van der Waals surface area contributed by atoms with Gasteiger partial charge in [0.2, 0.25) is 0 Å². The van der Waals surface area contributed by atoms with Crippen LogP contribution in [0.2, 0.25) is 4.13 Å².